The Bertz CT molecular complexity index is 145. The maximum atomic E-state index is 10.1. The van der Waals surface area contributed by atoms with Gasteiger partial charge in [-0.05, 0) is 26.7 Å². The molecule has 0 rings (SSSR count). The van der Waals surface area contributed by atoms with Crippen LogP contribution in [0.4, 0.5) is 0 Å². The molecule has 0 amide bonds. The smallest absolute Gasteiger partial charge is 0.303 e. The van der Waals surface area contributed by atoms with Crippen LogP contribution in [-0.2, 0) is 14.3 Å². The molecule has 0 aliphatic carbocycles. The van der Waals surface area contributed by atoms with Gasteiger partial charge in [-0.2, -0.15) is 0 Å². The van der Waals surface area contributed by atoms with Crippen molar-refractivity contribution in [1.29, 1.82) is 0 Å². The minimum absolute atomic E-state index is 0.228. The first-order chi connectivity index (χ1) is 6.63. The van der Waals surface area contributed by atoms with Crippen molar-refractivity contribution in [2.45, 2.75) is 39.2 Å². The van der Waals surface area contributed by atoms with Crippen molar-refractivity contribution in [2.75, 3.05) is 19.8 Å². The molecule has 0 aromatic heterocycles. The van der Waals surface area contributed by atoms with Crippen LogP contribution in [0, 0.1) is 0 Å². The number of rotatable bonds is 9. The van der Waals surface area contributed by atoms with E-state index in [1.54, 1.807) is 0 Å². The van der Waals surface area contributed by atoms with Crippen LogP contribution in [0.1, 0.15) is 33.1 Å². The number of hydrogen-bond acceptors (Lipinski definition) is 3. The summed E-state index contributed by atoms with van der Waals surface area (Å²) in [6.07, 6.45) is 1.95. The predicted octanol–water partition coefficient (Wildman–Crippen LogP) is 1.68. The van der Waals surface area contributed by atoms with Crippen LogP contribution in [0.5, 0.6) is 0 Å². The van der Waals surface area contributed by atoms with Crippen molar-refractivity contribution in [2.24, 2.45) is 0 Å². The molecule has 0 unspecified atom stereocenters. The summed E-state index contributed by atoms with van der Waals surface area (Å²) < 4.78 is 10.5. The Morgan fingerprint density at radius 1 is 1.21 bits per heavy atom. The second kappa shape index (κ2) is 8.97. The van der Waals surface area contributed by atoms with Gasteiger partial charge in [0.25, 0.3) is 0 Å². The summed E-state index contributed by atoms with van der Waals surface area (Å²) in [5, 5.41) is 8.35. The lowest BCUT2D eigenvalue weighted by molar-refractivity contribution is -0.137. The van der Waals surface area contributed by atoms with Gasteiger partial charge in [-0.1, -0.05) is 0 Å². The SMILES string of the molecule is CC(C)OCCOCCCCC(=O)O. The number of carbonyl (C=O) groups is 1. The van der Waals surface area contributed by atoms with Crippen molar-refractivity contribution in [3.05, 3.63) is 0 Å². The van der Waals surface area contributed by atoms with Crippen LogP contribution < -0.4 is 0 Å². The average Bonchev–Trinajstić information content (AvgIpc) is 2.08. The lowest BCUT2D eigenvalue weighted by Crippen LogP contribution is -2.10. The van der Waals surface area contributed by atoms with Gasteiger partial charge in [0.15, 0.2) is 0 Å². The third-order valence-electron chi connectivity index (χ3n) is 1.61. The third-order valence-corrected chi connectivity index (χ3v) is 1.61. The van der Waals surface area contributed by atoms with Crippen LogP contribution in [0.25, 0.3) is 0 Å². The van der Waals surface area contributed by atoms with Gasteiger partial charge in [-0.15, -0.1) is 0 Å². The van der Waals surface area contributed by atoms with Crippen LogP contribution >= 0.6 is 0 Å². The molecular formula is C10H20O4. The lowest BCUT2D eigenvalue weighted by Gasteiger charge is -2.07. The summed E-state index contributed by atoms with van der Waals surface area (Å²) in [5.41, 5.74) is 0. The van der Waals surface area contributed by atoms with Crippen molar-refractivity contribution in [1.82, 2.24) is 0 Å². The van der Waals surface area contributed by atoms with E-state index < -0.39 is 5.97 Å². The molecule has 14 heavy (non-hydrogen) atoms. The normalized spacial score (nSPS) is 10.8. The largest absolute Gasteiger partial charge is 0.481 e. The second-order valence-electron chi connectivity index (χ2n) is 3.38. The molecule has 0 aliphatic rings. The van der Waals surface area contributed by atoms with Crippen LogP contribution in [-0.4, -0.2) is 37.0 Å². The summed E-state index contributed by atoms with van der Waals surface area (Å²) in [6.45, 7) is 5.77. The van der Waals surface area contributed by atoms with Crippen LogP contribution in [0.2, 0.25) is 0 Å². The zero-order chi connectivity index (χ0) is 10.8. The number of carboxylic acid groups (broad SMARTS) is 1. The Morgan fingerprint density at radius 2 is 1.93 bits per heavy atom. The molecule has 0 saturated heterocycles. The van der Waals surface area contributed by atoms with E-state index in [0.717, 1.165) is 6.42 Å². The molecule has 0 bridgehead atoms. The number of hydrogen-bond donors (Lipinski definition) is 1. The van der Waals surface area contributed by atoms with Gasteiger partial charge in [0.2, 0.25) is 0 Å². The van der Waals surface area contributed by atoms with Crippen molar-refractivity contribution in [3.63, 3.8) is 0 Å². The molecule has 0 atom stereocenters. The van der Waals surface area contributed by atoms with Crippen LogP contribution in [0.15, 0.2) is 0 Å². The number of aliphatic carboxylic acids is 1. The molecule has 0 fully saturated rings. The molecule has 84 valence electrons. The third kappa shape index (κ3) is 11.4. The van der Waals surface area contributed by atoms with E-state index in [1.165, 1.54) is 0 Å². The van der Waals surface area contributed by atoms with E-state index in [0.29, 0.717) is 26.2 Å². The molecule has 0 heterocycles. The molecule has 0 saturated carbocycles. The average molecular weight is 204 g/mol. The van der Waals surface area contributed by atoms with E-state index in [-0.39, 0.29) is 12.5 Å². The van der Waals surface area contributed by atoms with Crippen molar-refractivity contribution < 1.29 is 19.4 Å². The van der Waals surface area contributed by atoms with Crippen LogP contribution in [0.3, 0.4) is 0 Å². The molecule has 4 nitrogen and oxygen atoms in total. The standard InChI is InChI=1S/C10H20O4/c1-9(2)14-8-7-13-6-4-3-5-10(11)12/h9H,3-8H2,1-2H3,(H,11,12). The van der Waals surface area contributed by atoms with Crippen molar-refractivity contribution >= 4 is 5.97 Å². The monoisotopic (exact) mass is 204 g/mol. The zero-order valence-corrected chi connectivity index (χ0v) is 8.99. The Kier molecular flexibility index (Phi) is 8.57. The van der Waals surface area contributed by atoms with Gasteiger partial charge in [-0.3, -0.25) is 4.79 Å². The van der Waals surface area contributed by atoms with E-state index in [1.807, 2.05) is 13.8 Å². The fourth-order valence-electron chi connectivity index (χ4n) is 0.925. The van der Waals surface area contributed by atoms with Gasteiger partial charge < -0.3 is 14.6 Å². The van der Waals surface area contributed by atoms with Gasteiger partial charge in [0.1, 0.15) is 0 Å². The van der Waals surface area contributed by atoms with Gasteiger partial charge in [0.05, 0.1) is 19.3 Å². The highest BCUT2D eigenvalue weighted by Gasteiger charge is 1.96. The minimum Gasteiger partial charge on any atom is -0.481 e. The van der Waals surface area contributed by atoms with E-state index in [9.17, 15) is 4.79 Å². The Hall–Kier alpha value is -0.610. The van der Waals surface area contributed by atoms with Gasteiger partial charge in [0, 0.05) is 13.0 Å². The number of unbranched alkanes of at least 4 members (excludes halogenated alkanes) is 1. The Labute approximate surface area is 85.2 Å². The fraction of sp³-hybridized carbons (Fsp3) is 0.900. The topological polar surface area (TPSA) is 55.8 Å². The maximum absolute atomic E-state index is 10.1. The first-order valence-corrected chi connectivity index (χ1v) is 5.04. The lowest BCUT2D eigenvalue weighted by atomic mass is 10.2. The van der Waals surface area contributed by atoms with Gasteiger partial charge >= 0.3 is 5.97 Å². The highest BCUT2D eigenvalue weighted by atomic mass is 16.5. The highest BCUT2D eigenvalue weighted by Crippen LogP contribution is 1.96. The molecule has 1 N–H and O–H groups in total. The fourth-order valence-corrected chi connectivity index (χ4v) is 0.925. The summed E-state index contributed by atoms with van der Waals surface area (Å²) >= 11 is 0. The maximum Gasteiger partial charge on any atom is 0.303 e. The molecular weight excluding hydrogens is 184 g/mol. The summed E-state index contributed by atoms with van der Waals surface area (Å²) in [4.78, 5) is 10.1. The first kappa shape index (κ1) is 13.4. The minimum atomic E-state index is -0.742. The highest BCUT2D eigenvalue weighted by molar-refractivity contribution is 5.66. The molecule has 0 aliphatic heterocycles. The van der Waals surface area contributed by atoms with E-state index in [4.69, 9.17) is 14.6 Å². The Balaban J connectivity index is 2.96. The zero-order valence-electron chi connectivity index (χ0n) is 8.99. The van der Waals surface area contributed by atoms with Crippen molar-refractivity contribution in [3.8, 4) is 0 Å². The summed E-state index contributed by atoms with van der Waals surface area (Å²) in [7, 11) is 0. The molecule has 0 aromatic carbocycles. The number of carboxylic acids is 1. The Morgan fingerprint density at radius 3 is 2.50 bits per heavy atom. The summed E-state index contributed by atoms with van der Waals surface area (Å²) in [6, 6.07) is 0. The molecule has 0 aromatic rings. The van der Waals surface area contributed by atoms with E-state index in [2.05, 4.69) is 0 Å². The predicted molar refractivity (Wildman–Crippen MR) is 53.4 cm³/mol. The number of ether oxygens (including phenoxy) is 2. The molecule has 0 spiro atoms. The second-order valence-corrected chi connectivity index (χ2v) is 3.38. The molecule has 0 radical (unpaired) electrons. The molecule has 4 heteroatoms. The first-order valence-electron chi connectivity index (χ1n) is 5.04. The quantitative estimate of drug-likeness (QED) is 0.580. The van der Waals surface area contributed by atoms with E-state index >= 15 is 0 Å². The van der Waals surface area contributed by atoms with Gasteiger partial charge in [-0.25, -0.2) is 0 Å². The summed E-state index contributed by atoms with van der Waals surface area (Å²) in [5.74, 6) is -0.742.